The first-order valence-electron chi connectivity index (χ1n) is 12.0. The van der Waals surface area contributed by atoms with Crippen molar-refractivity contribution in [1.29, 1.82) is 0 Å². The van der Waals surface area contributed by atoms with Crippen LogP contribution in [-0.4, -0.2) is 24.4 Å². The molecular formula is C28H30ClN3O3. The van der Waals surface area contributed by atoms with E-state index in [1.54, 1.807) is 24.3 Å². The second-order valence-electron chi connectivity index (χ2n) is 8.71. The second kappa shape index (κ2) is 12.3. The molecule has 1 saturated carbocycles. The van der Waals surface area contributed by atoms with Crippen molar-refractivity contribution in [2.75, 3.05) is 17.2 Å². The molecule has 3 aromatic rings. The number of anilines is 2. The minimum atomic E-state index is -0.214. The van der Waals surface area contributed by atoms with Crippen LogP contribution in [0.2, 0.25) is 5.02 Å². The molecule has 0 atom stereocenters. The van der Waals surface area contributed by atoms with Crippen LogP contribution in [0.1, 0.15) is 48.0 Å². The van der Waals surface area contributed by atoms with Crippen LogP contribution < -0.4 is 20.7 Å². The van der Waals surface area contributed by atoms with Crippen LogP contribution in [0.4, 0.5) is 11.4 Å². The van der Waals surface area contributed by atoms with Crippen molar-refractivity contribution in [3.63, 3.8) is 0 Å². The van der Waals surface area contributed by atoms with E-state index < -0.39 is 0 Å². The van der Waals surface area contributed by atoms with Gasteiger partial charge >= 0.3 is 0 Å². The summed E-state index contributed by atoms with van der Waals surface area (Å²) in [5.74, 6) is 0.279. The molecule has 0 aromatic heterocycles. The van der Waals surface area contributed by atoms with Crippen molar-refractivity contribution < 1.29 is 14.3 Å². The molecule has 3 aromatic carbocycles. The summed E-state index contributed by atoms with van der Waals surface area (Å²) in [6.07, 6.45) is 5.49. The minimum absolute atomic E-state index is 0.0421. The van der Waals surface area contributed by atoms with Crippen LogP contribution in [0.15, 0.2) is 72.8 Å². The molecule has 0 unspecified atom stereocenters. The number of rotatable bonds is 9. The van der Waals surface area contributed by atoms with E-state index in [4.69, 9.17) is 16.3 Å². The van der Waals surface area contributed by atoms with E-state index in [1.165, 1.54) is 6.42 Å². The average molecular weight is 492 g/mol. The number of ether oxygens (including phenoxy) is 1. The maximum absolute atomic E-state index is 12.7. The Hall–Kier alpha value is -3.51. The average Bonchev–Trinajstić information content (AvgIpc) is 2.88. The number of halogens is 1. The summed E-state index contributed by atoms with van der Waals surface area (Å²) in [5.41, 5.74) is 2.77. The molecule has 0 bridgehead atoms. The normalized spacial score (nSPS) is 13.6. The highest BCUT2D eigenvalue weighted by Crippen LogP contribution is 2.23. The van der Waals surface area contributed by atoms with Crippen molar-refractivity contribution in [3.8, 4) is 5.75 Å². The van der Waals surface area contributed by atoms with E-state index in [2.05, 4.69) is 16.0 Å². The summed E-state index contributed by atoms with van der Waals surface area (Å²) in [4.78, 5) is 25.2. The minimum Gasteiger partial charge on any atom is -0.489 e. The Morgan fingerprint density at radius 1 is 0.886 bits per heavy atom. The first kappa shape index (κ1) is 24.6. The SMILES string of the molecule is O=C(CNc1ccc(Cl)c(C(=O)NC2CCCCC2)c1)Nc1cccc(OCc2ccccc2)c1. The quantitative estimate of drug-likeness (QED) is 0.341. The van der Waals surface area contributed by atoms with Crippen LogP contribution in [-0.2, 0) is 11.4 Å². The van der Waals surface area contributed by atoms with Gasteiger partial charge in [-0.3, -0.25) is 9.59 Å². The zero-order chi connectivity index (χ0) is 24.5. The van der Waals surface area contributed by atoms with Gasteiger partial charge in [0.15, 0.2) is 0 Å². The second-order valence-corrected chi connectivity index (χ2v) is 9.11. The largest absolute Gasteiger partial charge is 0.489 e. The lowest BCUT2D eigenvalue weighted by Gasteiger charge is -2.23. The van der Waals surface area contributed by atoms with Gasteiger partial charge in [-0.1, -0.05) is 67.3 Å². The number of hydrogen-bond donors (Lipinski definition) is 3. The molecule has 0 radical (unpaired) electrons. The molecule has 6 nitrogen and oxygen atoms in total. The zero-order valence-electron chi connectivity index (χ0n) is 19.6. The van der Waals surface area contributed by atoms with E-state index in [9.17, 15) is 9.59 Å². The third kappa shape index (κ3) is 7.49. The molecular weight excluding hydrogens is 462 g/mol. The highest BCUT2D eigenvalue weighted by Gasteiger charge is 2.18. The van der Waals surface area contributed by atoms with Gasteiger partial charge in [-0.05, 0) is 48.7 Å². The van der Waals surface area contributed by atoms with Gasteiger partial charge in [-0.25, -0.2) is 0 Å². The molecule has 182 valence electrons. The van der Waals surface area contributed by atoms with Crippen molar-refractivity contribution in [1.82, 2.24) is 5.32 Å². The fourth-order valence-electron chi connectivity index (χ4n) is 4.11. The van der Waals surface area contributed by atoms with Gasteiger partial charge in [-0.15, -0.1) is 0 Å². The molecule has 1 aliphatic carbocycles. The number of carbonyl (C=O) groups is 2. The molecule has 35 heavy (non-hydrogen) atoms. The van der Waals surface area contributed by atoms with Gasteiger partial charge in [0.2, 0.25) is 5.91 Å². The molecule has 0 spiro atoms. The number of amides is 2. The summed E-state index contributed by atoms with van der Waals surface area (Å²) < 4.78 is 5.83. The molecule has 0 aliphatic heterocycles. The third-order valence-corrected chi connectivity index (χ3v) is 6.30. The summed E-state index contributed by atoms with van der Waals surface area (Å²) in [7, 11) is 0. The predicted molar refractivity (Wildman–Crippen MR) is 140 cm³/mol. The van der Waals surface area contributed by atoms with Crippen LogP contribution >= 0.6 is 11.6 Å². The van der Waals surface area contributed by atoms with Gasteiger partial charge < -0.3 is 20.7 Å². The van der Waals surface area contributed by atoms with E-state index in [-0.39, 0.29) is 24.4 Å². The summed E-state index contributed by atoms with van der Waals surface area (Å²) in [5, 5.41) is 9.41. The van der Waals surface area contributed by atoms with E-state index in [0.29, 0.717) is 34.3 Å². The maximum Gasteiger partial charge on any atom is 0.253 e. The maximum atomic E-state index is 12.7. The van der Waals surface area contributed by atoms with Crippen LogP contribution in [0.25, 0.3) is 0 Å². The Morgan fingerprint density at radius 2 is 1.69 bits per heavy atom. The monoisotopic (exact) mass is 491 g/mol. The highest BCUT2D eigenvalue weighted by molar-refractivity contribution is 6.34. The fourth-order valence-corrected chi connectivity index (χ4v) is 4.31. The van der Waals surface area contributed by atoms with Crippen molar-refractivity contribution >= 4 is 34.8 Å². The number of hydrogen-bond acceptors (Lipinski definition) is 4. The van der Waals surface area contributed by atoms with Gasteiger partial charge in [0.05, 0.1) is 17.1 Å². The lowest BCUT2D eigenvalue weighted by molar-refractivity contribution is -0.114. The Bertz CT molecular complexity index is 1150. The van der Waals surface area contributed by atoms with Crippen molar-refractivity contribution in [3.05, 3.63) is 88.9 Å². The van der Waals surface area contributed by atoms with Gasteiger partial charge in [0.25, 0.3) is 5.91 Å². The summed E-state index contributed by atoms with van der Waals surface area (Å²) in [6.45, 7) is 0.493. The Labute approximate surface area is 211 Å². The predicted octanol–water partition coefficient (Wildman–Crippen LogP) is 6.03. The Morgan fingerprint density at radius 3 is 2.49 bits per heavy atom. The molecule has 3 N–H and O–H groups in total. The number of nitrogens with one attached hydrogen (secondary N) is 3. The van der Waals surface area contributed by atoms with Crippen LogP contribution in [0, 0.1) is 0 Å². The van der Waals surface area contributed by atoms with Gasteiger partial charge in [0.1, 0.15) is 12.4 Å². The standard InChI is InChI=1S/C28H30ClN3O3/c29-26-15-14-22(17-25(26)28(34)32-21-10-5-2-6-11-21)30-18-27(33)31-23-12-7-13-24(16-23)35-19-20-8-3-1-4-9-20/h1,3-4,7-9,12-17,21,30H,2,5-6,10-11,18-19H2,(H,31,33)(H,32,34). The van der Waals surface area contributed by atoms with Crippen LogP contribution in [0.5, 0.6) is 5.75 Å². The lowest BCUT2D eigenvalue weighted by Crippen LogP contribution is -2.36. The van der Waals surface area contributed by atoms with Crippen molar-refractivity contribution in [2.24, 2.45) is 0 Å². The molecule has 1 aliphatic rings. The van der Waals surface area contributed by atoms with Crippen LogP contribution in [0.3, 0.4) is 0 Å². The molecule has 1 fully saturated rings. The Kier molecular flexibility index (Phi) is 8.63. The fraction of sp³-hybridized carbons (Fsp3) is 0.286. The molecule has 7 heteroatoms. The van der Waals surface area contributed by atoms with Gasteiger partial charge in [-0.2, -0.15) is 0 Å². The zero-order valence-corrected chi connectivity index (χ0v) is 20.3. The topological polar surface area (TPSA) is 79.5 Å². The number of carbonyl (C=O) groups excluding carboxylic acids is 2. The first-order chi connectivity index (χ1) is 17.1. The van der Waals surface area contributed by atoms with E-state index >= 15 is 0 Å². The lowest BCUT2D eigenvalue weighted by atomic mass is 9.95. The highest BCUT2D eigenvalue weighted by atomic mass is 35.5. The Balaban J connectivity index is 1.29. The molecule has 2 amide bonds. The summed E-state index contributed by atoms with van der Waals surface area (Å²) >= 11 is 6.28. The smallest absolute Gasteiger partial charge is 0.253 e. The molecule has 4 rings (SSSR count). The van der Waals surface area contributed by atoms with E-state index in [0.717, 1.165) is 31.2 Å². The van der Waals surface area contributed by atoms with Crippen molar-refractivity contribution in [2.45, 2.75) is 44.8 Å². The van der Waals surface area contributed by atoms with E-state index in [1.807, 2.05) is 48.5 Å². The first-order valence-corrected chi connectivity index (χ1v) is 12.4. The molecule has 0 heterocycles. The molecule has 0 saturated heterocycles. The third-order valence-electron chi connectivity index (χ3n) is 5.97. The number of benzene rings is 3. The van der Waals surface area contributed by atoms with Gasteiger partial charge in [0, 0.05) is 23.5 Å². The summed E-state index contributed by atoms with van der Waals surface area (Å²) in [6, 6.07) is 22.5.